The third-order valence-corrected chi connectivity index (χ3v) is 4.17. The molecule has 0 unspecified atom stereocenters. The van der Waals surface area contributed by atoms with Crippen LogP contribution >= 0.6 is 0 Å². The molecular formula is C20H22N2O3. The first-order valence-corrected chi connectivity index (χ1v) is 8.60. The monoisotopic (exact) mass is 338 g/mol. The minimum absolute atomic E-state index is 0.319. The van der Waals surface area contributed by atoms with Crippen LogP contribution in [0, 0.1) is 0 Å². The predicted molar refractivity (Wildman–Crippen MR) is 96.5 cm³/mol. The Morgan fingerprint density at radius 2 is 2.04 bits per heavy atom. The second-order valence-corrected chi connectivity index (χ2v) is 5.74. The molecule has 1 aliphatic rings. The number of hydrogen-bond acceptors (Lipinski definition) is 4. The van der Waals surface area contributed by atoms with Crippen molar-refractivity contribution >= 4 is 11.9 Å². The maximum absolute atomic E-state index is 12.3. The Kier molecular flexibility index (Phi) is 5.33. The van der Waals surface area contributed by atoms with E-state index in [1.54, 1.807) is 17.2 Å². The average Bonchev–Trinajstić information content (AvgIpc) is 2.64. The summed E-state index contributed by atoms with van der Waals surface area (Å²) in [5.74, 6) is 1.80. The molecule has 3 rings (SSSR count). The van der Waals surface area contributed by atoms with Gasteiger partial charge in [-0.15, -0.1) is 0 Å². The molecule has 2 aromatic rings. The Labute approximate surface area is 147 Å². The molecule has 0 atom stereocenters. The van der Waals surface area contributed by atoms with Gasteiger partial charge in [-0.3, -0.25) is 0 Å². The van der Waals surface area contributed by atoms with Crippen molar-refractivity contribution < 1.29 is 14.3 Å². The quantitative estimate of drug-likeness (QED) is 0.797. The summed E-state index contributed by atoms with van der Waals surface area (Å²) in [5.41, 5.74) is 2.05. The number of aromatic nitrogens is 1. The number of ether oxygens (including phenoxy) is 2. The maximum Gasteiger partial charge on any atom is 0.415 e. The first-order valence-electron chi connectivity index (χ1n) is 8.60. The smallest absolute Gasteiger partial charge is 0.415 e. The zero-order valence-electron chi connectivity index (χ0n) is 14.6. The first-order chi connectivity index (χ1) is 12.2. The summed E-state index contributed by atoms with van der Waals surface area (Å²) in [6, 6.07) is 11.4. The number of hydrogen-bond donors (Lipinski definition) is 0. The number of carbonyl (C=O) groups excluding carboxylic acids is 1. The molecule has 1 aromatic carbocycles. The van der Waals surface area contributed by atoms with Gasteiger partial charge in [0.25, 0.3) is 0 Å². The van der Waals surface area contributed by atoms with Crippen molar-refractivity contribution in [3.63, 3.8) is 0 Å². The molecule has 0 saturated carbocycles. The minimum atomic E-state index is -0.319. The molecule has 1 heterocycles. The molecule has 1 amide bonds. The van der Waals surface area contributed by atoms with E-state index in [2.05, 4.69) is 4.98 Å². The van der Waals surface area contributed by atoms with Crippen LogP contribution in [0.5, 0.6) is 11.6 Å². The number of benzene rings is 1. The molecule has 0 saturated heterocycles. The second-order valence-electron chi connectivity index (χ2n) is 5.74. The molecule has 0 bridgehead atoms. The van der Waals surface area contributed by atoms with Crippen LogP contribution in [0.15, 0.2) is 48.7 Å². The zero-order chi connectivity index (χ0) is 17.6. The summed E-state index contributed by atoms with van der Waals surface area (Å²) >= 11 is 0. The van der Waals surface area contributed by atoms with Gasteiger partial charge in [0.05, 0.1) is 0 Å². The van der Waals surface area contributed by atoms with E-state index in [1.165, 1.54) is 0 Å². The molecule has 5 heteroatoms. The van der Waals surface area contributed by atoms with E-state index in [1.807, 2.05) is 50.3 Å². The van der Waals surface area contributed by atoms with Crippen molar-refractivity contribution in [3.8, 4) is 11.6 Å². The van der Waals surface area contributed by atoms with Crippen LogP contribution in [0.3, 0.4) is 0 Å². The zero-order valence-corrected chi connectivity index (χ0v) is 14.6. The topological polar surface area (TPSA) is 51.7 Å². The summed E-state index contributed by atoms with van der Waals surface area (Å²) in [7, 11) is 0. The standard InChI is InChI=1S/C20H22N2O3/c1-3-22(4-2)20(23)25-18-9-7-8-15-11-12-16(14-17(15)18)24-19-10-5-6-13-21-19/h5-6,9-14H,3-4,7-8H2,1-2H3. The summed E-state index contributed by atoms with van der Waals surface area (Å²) in [6.07, 6.45) is 5.11. The Bertz CT molecular complexity index is 768. The lowest BCUT2D eigenvalue weighted by molar-refractivity contribution is 0.148. The summed E-state index contributed by atoms with van der Waals surface area (Å²) < 4.78 is 11.4. The van der Waals surface area contributed by atoms with Crippen LogP contribution in [0.1, 0.15) is 31.4 Å². The number of rotatable bonds is 5. The number of pyridine rings is 1. The fourth-order valence-electron chi connectivity index (χ4n) is 2.80. The third kappa shape index (κ3) is 3.99. The van der Waals surface area contributed by atoms with Gasteiger partial charge in [-0.2, -0.15) is 0 Å². The Morgan fingerprint density at radius 1 is 1.20 bits per heavy atom. The van der Waals surface area contributed by atoms with Crippen molar-refractivity contribution in [3.05, 3.63) is 59.8 Å². The van der Waals surface area contributed by atoms with E-state index < -0.39 is 0 Å². The molecule has 130 valence electrons. The van der Waals surface area contributed by atoms with E-state index in [0.29, 0.717) is 30.5 Å². The fraction of sp³-hybridized carbons (Fsp3) is 0.300. The van der Waals surface area contributed by atoms with Crippen LogP contribution in [0.4, 0.5) is 4.79 Å². The van der Waals surface area contributed by atoms with E-state index in [4.69, 9.17) is 9.47 Å². The van der Waals surface area contributed by atoms with Gasteiger partial charge in [0.15, 0.2) is 0 Å². The van der Waals surface area contributed by atoms with Crippen LogP contribution in [-0.2, 0) is 11.2 Å². The number of fused-ring (bicyclic) bond motifs is 1. The van der Waals surface area contributed by atoms with Crippen LogP contribution < -0.4 is 4.74 Å². The normalized spacial score (nSPS) is 12.8. The molecule has 5 nitrogen and oxygen atoms in total. The summed E-state index contributed by atoms with van der Waals surface area (Å²) in [4.78, 5) is 18.1. The number of nitrogens with zero attached hydrogens (tertiary/aromatic N) is 2. The van der Waals surface area contributed by atoms with E-state index in [-0.39, 0.29) is 6.09 Å². The lowest BCUT2D eigenvalue weighted by Gasteiger charge is -2.22. The molecular weight excluding hydrogens is 316 g/mol. The van der Waals surface area contributed by atoms with Crippen LogP contribution in [-0.4, -0.2) is 29.1 Å². The summed E-state index contributed by atoms with van der Waals surface area (Å²) in [6.45, 7) is 5.12. The molecule has 0 spiro atoms. The SMILES string of the molecule is CCN(CC)C(=O)OC1=CCCc2ccc(Oc3ccccn3)cc21. The highest BCUT2D eigenvalue weighted by Crippen LogP contribution is 2.32. The lowest BCUT2D eigenvalue weighted by atomic mass is 9.95. The number of carbonyl (C=O) groups is 1. The van der Waals surface area contributed by atoms with Crippen LogP contribution in [0.2, 0.25) is 0 Å². The van der Waals surface area contributed by atoms with Crippen molar-refractivity contribution in [1.29, 1.82) is 0 Å². The van der Waals surface area contributed by atoms with Crippen molar-refractivity contribution in [2.24, 2.45) is 0 Å². The second kappa shape index (κ2) is 7.83. The van der Waals surface area contributed by atoms with E-state index in [9.17, 15) is 4.79 Å². The highest BCUT2D eigenvalue weighted by atomic mass is 16.6. The molecule has 0 radical (unpaired) electrons. The molecule has 25 heavy (non-hydrogen) atoms. The highest BCUT2D eigenvalue weighted by molar-refractivity contribution is 5.78. The van der Waals surface area contributed by atoms with Crippen LogP contribution in [0.25, 0.3) is 5.76 Å². The average molecular weight is 338 g/mol. The maximum atomic E-state index is 12.3. The fourth-order valence-corrected chi connectivity index (χ4v) is 2.80. The number of aryl methyl sites for hydroxylation is 1. The van der Waals surface area contributed by atoms with Gasteiger partial charge in [0.1, 0.15) is 11.5 Å². The lowest BCUT2D eigenvalue weighted by Crippen LogP contribution is -2.31. The molecule has 0 fully saturated rings. The molecule has 1 aliphatic carbocycles. The van der Waals surface area contributed by atoms with Crippen molar-refractivity contribution in [2.75, 3.05) is 13.1 Å². The Hall–Kier alpha value is -2.82. The van der Waals surface area contributed by atoms with E-state index in [0.717, 1.165) is 24.0 Å². The van der Waals surface area contributed by atoms with Gasteiger partial charge in [0.2, 0.25) is 5.88 Å². The Balaban J connectivity index is 1.82. The highest BCUT2D eigenvalue weighted by Gasteiger charge is 2.20. The number of amides is 1. The largest absolute Gasteiger partial charge is 0.439 e. The molecule has 0 N–H and O–H groups in total. The molecule has 1 aromatic heterocycles. The van der Waals surface area contributed by atoms with Crippen molar-refractivity contribution in [1.82, 2.24) is 9.88 Å². The Morgan fingerprint density at radius 3 is 2.76 bits per heavy atom. The number of allylic oxidation sites excluding steroid dienone is 1. The van der Waals surface area contributed by atoms with Gasteiger partial charge in [-0.25, -0.2) is 9.78 Å². The molecule has 0 aliphatic heterocycles. The predicted octanol–water partition coefficient (Wildman–Crippen LogP) is 4.64. The van der Waals surface area contributed by atoms with Gasteiger partial charge >= 0.3 is 6.09 Å². The van der Waals surface area contributed by atoms with Gasteiger partial charge in [-0.05, 0) is 56.5 Å². The third-order valence-electron chi connectivity index (χ3n) is 4.17. The minimum Gasteiger partial charge on any atom is -0.439 e. The van der Waals surface area contributed by atoms with Gasteiger partial charge < -0.3 is 14.4 Å². The van der Waals surface area contributed by atoms with Gasteiger partial charge in [0, 0.05) is 30.9 Å². The van der Waals surface area contributed by atoms with Gasteiger partial charge in [-0.1, -0.05) is 12.1 Å². The van der Waals surface area contributed by atoms with E-state index >= 15 is 0 Å². The first kappa shape index (κ1) is 17.0. The summed E-state index contributed by atoms with van der Waals surface area (Å²) in [5, 5.41) is 0. The van der Waals surface area contributed by atoms with Crippen molar-refractivity contribution in [2.45, 2.75) is 26.7 Å².